The number of hydrogen-bond acceptors (Lipinski definition) is 2. The zero-order chi connectivity index (χ0) is 13.0. The summed E-state index contributed by atoms with van der Waals surface area (Å²) in [6.45, 7) is 2.12. The van der Waals surface area contributed by atoms with Crippen LogP contribution in [0.25, 0.3) is 0 Å². The monoisotopic (exact) mass is 244 g/mol. The minimum absolute atomic E-state index is 0.494. The summed E-state index contributed by atoms with van der Waals surface area (Å²) in [6, 6.07) is 9.75. The van der Waals surface area contributed by atoms with Gasteiger partial charge in [0.25, 0.3) is 0 Å². The van der Waals surface area contributed by atoms with Crippen molar-refractivity contribution in [3.63, 3.8) is 0 Å². The highest BCUT2D eigenvalue weighted by Gasteiger charge is 2.00. The largest absolute Gasteiger partial charge is 0.310 e. The highest BCUT2D eigenvalue weighted by Crippen LogP contribution is 2.08. The molecule has 0 radical (unpaired) electrons. The van der Waals surface area contributed by atoms with Crippen LogP contribution in [0.3, 0.4) is 0 Å². The fourth-order valence-corrected chi connectivity index (χ4v) is 1.88. The van der Waals surface area contributed by atoms with Gasteiger partial charge in [-0.1, -0.05) is 31.2 Å². The first-order valence-corrected chi connectivity index (χ1v) is 6.07. The highest BCUT2D eigenvalue weighted by atomic mass is 16.2. The summed E-state index contributed by atoms with van der Waals surface area (Å²) >= 11 is 0. The molecule has 4 heteroatoms. The lowest BCUT2D eigenvalue weighted by Crippen LogP contribution is -2.27. The number of aromatic nitrogens is 2. The predicted octanol–water partition coefficient (Wildman–Crippen LogP) is 1.41. The Hall–Kier alpha value is -2.10. The number of nitrogens with one attached hydrogen (secondary N) is 2. The number of hydrogen-bond donors (Lipinski definition) is 2. The number of H-pyrrole nitrogens is 2. The van der Waals surface area contributed by atoms with Gasteiger partial charge >= 0.3 is 5.56 Å². The van der Waals surface area contributed by atoms with Crippen molar-refractivity contribution in [1.29, 1.82) is 0 Å². The van der Waals surface area contributed by atoms with Gasteiger partial charge in [-0.25, -0.2) is 0 Å². The molecule has 1 aromatic heterocycles. The Balaban J connectivity index is 2.08. The molecule has 0 aliphatic rings. The van der Waals surface area contributed by atoms with E-state index >= 15 is 0 Å². The van der Waals surface area contributed by atoms with Gasteiger partial charge in [-0.05, 0) is 30.4 Å². The summed E-state index contributed by atoms with van der Waals surface area (Å²) in [5.41, 5.74) is 2.20. The van der Waals surface area contributed by atoms with Crippen LogP contribution in [-0.4, -0.2) is 10.2 Å². The lowest BCUT2D eigenvalue weighted by molar-refractivity contribution is 0.837. The second-order valence-electron chi connectivity index (χ2n) is 4.29. The van der Waals surface area contributed by atoms with Gasteiger partial charge in [-0.2, -0.15) is 0 Å². The molecule has 2 N–H and O–H groups in total. The van der Waals surface area contributed by atoms with Crippen molar-refractivity contribution in [2.24, 2.45) is 0 Å². The third-order valence-electron chi connectivity index (χ3n) is 2.95. The fourth-order valence-electron chi connectivity index (χ4n) is 1.88. The van der Waals surface area contributed by atoms with Gasteiger partial charge in [-0.15, -0.1) is 0 Å². The van der Waals surface area contributed by atoms with E-state index in [1.165, 1.54) is 17.2 Å². The molecule has 0 aliphatic heterocycles. The molecule has 2 aromatic rings. The summed E-state index contributed by atoms with van der Waals surface area (Å²) < 4.78 is 0. The first-order chi connectivity index (χ1) is 8.69. The van der Waals surface area contributed by atoms with E-state index in [1.54, 1.807) is 0 Å². The minimum Gasteiger partial charge on any atom is -0.302 e. The van der Waals surface area contributed by atoms with Crippen molar-refractivity contribution in [1.82, 2.24) is 10.2 Å². The standard InChI is InChI=1S/C14H16N2O2/c1-2-10-4-3-5-11(8-10)6-7-12-9-13(17)14(18)16-15-12/h3-5,8-9H,2,6-7H2,1H3,(H,15,17)(H,16,18). The number of benzene rings is 1. The maximum Gasteiger partial charge on any atom is 0.310 e. The maximum atomic E-state index is 11.2. The van der Waals surface area contributed by atoms with E-state index in [0.29, 0.717) is 6.42 Å². The van der Waals surface area contributed by atoms with Crippen molar-refractivity contribution in [3.05, 3.63) is 67.7 Å². The number of aromatic amines is 2. The molecule has 1 aromatic carbocycles. The summed E-state index contributed by atoms with van der Waals surface area (Å²) in [6.07, 6.45) is 2.57. The van der Waals surface area contributed by atoms with Gasteiger partial charge in [0.2, 0.25) is 5.43 Å². The Kier molecular flexibility index (Phi) is 3.77. The zero-order valence-electron chi connectivity index (χ0n) is 10.3. The average molecular weight is 244 g/mol. The second-order valence-corrected chi connectivity index (χ2v) is 4.29. The van der Waals surface area contributed by atoms with Gasteiger partial charge < -0.3 is 5.10 Å². The lowest BCUT2D eigenvalue weighted by atomic mass is 10.0. The Morgan fingerprint density at radius 2 is 1.78 bits per heavy atom. The van der Waals surface area contributed by atoms with Crippen molar-refractivity contribution < 1.29 is 0 Å². The number of rotatable bonds is 4. The van der Waals surface area contributed by atoms with Crippen LogP contribution in [-0.2, 0) is 19.3 Å². The molecule has 4 nitrogen and oxygen atoms in total. The first-order valence-electron chi connectivity index (χ1n) is 6.07. The van der Waals surface area contributed by atoms with E-state index in [0.717, 1.165) is 18.5 Å². The molecule has 2 rings (SSSR count). The normalized spacial score (nSPS) is 10.5. The van der Waals surface area contributed by atoms with Crippen LogP contribution in [0.2, 0.25) is 0 Å². The van der Waals surface area contributed by atoms with Crippen molar-refractivity contribution >= 4 is 0 Å². The molecule has 1 heterocycles. The highest BCUT2D eigenvalue weighted by molar-refractivity contribution is 5.24. The van der Waals surface area contributed by atoms with Crippen LogP contribution >= 0.6 is 0 Å². The topological polar surface area (TPSA) is 65.7 Å². The average Bonchev–Trinajstić information content (AvgIpc) is 2.40. The lowest BCUT2D eigenvalue weighted by Gasteiger charge is -2.04. The van der Waals surface area contributed by atoms with Crippen LogP contribution in [0.5, 0.6) is 0 Å². The van der Waals surface area contributed by atoms with E-state index in [9.17, 15) is 9.59 Å². The van der Waals surface area contributed by atoms with Crippen LogP contribution < -0.4 is 11.0 Å². The third kappa shape index (κ3) is 2.97. The maximum absolute atomic E-state index is 11.2. The molecule has 0 fully saturated rings. The van der Waals surface area contributed by atoms with Gasteiger partial charge in [-0.3, -0.25) is 14.7 Å². The van der Waals surface area contributed by atoms with E-state index in [4.69, 9.17) is 0 Å². The Bertz CT molecular complexity index is 640. The number of aryl methyl sites for hydroxylation is 3. The Labute approximate surface area is 105 Å². The van der Waals surface area contributed by atoms with Crippen LogP contribution in [0.4, 0.5) is 0 Å². The third-order valence-corrected chi connectivity index (χ3v) is 2.95. The quantitative estimate of drug-likeness (QED) is 0.799. The molecule has 94 valence electrons. The molecular formula is C14H16N2O2. The molecule has 0 spiro atoms. The Morgan fingerprint density at radius 1 is 1.00 bits per heavy atom. The van der Waals surface area contributed by atoms with E-state index in [1.807, 2.05) is 6.07 Å². The summed E-state index contributed by atoms with van der Waals surface area (Å²) in [5.74, 6) is 0. The van der Waals surface area contributed by atoms with Crippen LogP contribution in [0, 0.1) is 0 Å². The minimum atomic E-state index is -0.605. The molecule has 0 aliphatic carbocycles. The van der Waals surface area contributed by atoms with Crippen LogP contribution in [0.15, 0.2) is 39.9 Å². The predicted molar refractivity (Wildman–Crippen MR) is 70.9 cm³/mol. The molecular weight excluding hydrogens is 228 g/mol. The zero-order valence-corrected chi connectivity index (χ0v) is 10.3. The van der Waals surface area contributed by atoms with Crippen molar-refractivity contribution in [2.75, 3.05) is 0 Å². The van der Waals surface area contributed by atoms with E-state index < -0.39 is 11.0 Å². The molecule has 0 saturated heterocycles. The Morgan fingerprint density at radius 3 is 2.50 bits per heavy atom. The summed E-state index contributed by atoms with van der Waals surface area (Å²) in [5, 5.41) is 5.07. The molecule has 0 atom stereocenters. The molecule has 0 bridgehead atoms. The van der Waals surface area contributed by atoms with E-state index in [-0.39, 0.29) is 0 Å². The van der Waals surface area contributed by atoms with Gasteiger partial charge in [0.15, 0.2) is 0 Å². The van der Waals surface area contributed by atoms with Gasteiger partial charge in [0, 0.05) is 11.8 Å². The van der Waals surface area contributed by atoms with Gasteiger partial charge in [0.05, 0.1) is 0 Å². The second kappa shape index (κ2) is 5.49. The molecule has 18 heavy (non-hydrogen) atoms. The summed E-state index contributed by atoms with van der Waals surface area (Å²) in [4.78, 5) is 22.1. The van der Waals surface area contributed by atoms with Crippen LogP contribution in [0.1, 0.15) is 23.7 Å². The smallest absolute Gasteiger partial charge is 0.302 e. The van der Waals surface area contributed by atoms with Gasteiger partial charge in [0.1, 0.15) is 0 Å². The molecule has 0 saturated carbocycles. The van der Waals surface area contributed by atoms with Crippen molar-refractivity contribution in [2.45, 2.75) is 26.2 Å². The first kappa shape index (κ1) is 12.4. The molecule has 0 unspecified atom stereocenters. The fraction of sp³-hybridized carbons (Fsp3) is 0.286. The van der Waals surface area contributed by atoms with Crippen molar-refractivity contribution in [3.8, 4) is 0 Å². The molecule has 0 amide bonds. The van der Waals surface area contributed by atoms with E-state index in [2.05, 4.69) is 35.3 Å². The SMILES string of the molecule is CCc1cccc(CCc2cc(=O)c(=O)[nH][nH]2)c1. The summed E-state index contributed by atoms with van der Waals surface area (Å²) in [7, 11) is 0.